The smallest absolute Gasteiger partial charge is 0.342 e. The second-order valence-electron chi connectivity index (χ2n) is 11.1. The number of carbonyl (C=O) groups excluding carboxylic acids is 1. The van der Waals surface area contributed by atoms with Gasteiger partial charge in [0.2, 0.25) is 5.60 Å². The average molecular weight is 535 g/mol. The van der Waals surface area contributed by atoms with E-state index in [1.54, 1.807) is 30.3 Å². The minimum absolute atomic E-state index is 0.0269. The maximum Gasteiger partial charge on any atom is 0.342 e. The zero-order valence-corrected chi connectivity index (χ0v) is 21.8. The van der Waals surface area contributed by atoms with E-state index in [0.717, 1.165) is 11.1 Å². The number of aliphatic hydroxyl groups is 3. The number of aliphatic hydroxyl groups excluding tert-OH is 1. The summed E-state index contributed by atoms with van der Waals surface area (Å²) in [5.74, 6) is -1.44. The number of ether oxygens (including phenoxy) is 2. The summed E-state index contributed by atoms with van der Waals surface area (Å²) < 4.78 is 13.3. The van der Waals surface area contributed by atoms with Gasteiger partial charge in [0, 0.05) is 12.3 Å². The molecule has 2 aliphatic heterocycles. The lowest BCUT2D eigenvalue weighted by Crippen LogP contribution is -2.77. The lowest BCUT2D eigenvalue weighted by molar-refractivity contribution is -0.292. The van der Waals surface area contributed by atoms with Crippen molar-refractivity contribution in [2.24, 2.45) is 0 Å². The zero-order chi connectivity index (χ0) is 27.6. The van der Waals surface area contributed by atoms with E-state index in [0.29, 0.717) is 5.56 Å². The molecule has 1 saturated carbocycles. The van der Waals surface area contributed by atoms with Crippen LogP contribution >= 0.6 is 0 Å². The van der Waals surface area contributed by atoms with E-state index >= 15 is 0 Å². The molecule has 0 radical (unpaired) electrons. The quantitative estimate of drug-likeness (QED) is 0.332. The van der Waals surface area contributed by atoms with Gasteiger partial charge in [0.15, 0.2) is 16.8 Å². The highest BCUT2D eigenvalue weighted by Gasteiger charge is 2.93. The minimum Gasteiger partial charge on any atom is -0.450 e. The normalized spacial score (nSPS) is 36.2. The van der Waals surface area contributed by atoms with Crippen molar-refractivity contribution >= 4 is 5.97 Å². The van der Waals surface area contributed by atoms with Crippen molar-refractivity contribution < 1.29 is 29.6 Å². The molecule has 1 aliphatic carbocycles. The summed E-state index contributed by atoms with van der Waals surface area (Å²) in [4.78, 5) is 14.2. The van der Waals surface area contributed by atoms with E-state index in [1.165, 1.54) is 0 Å². The fraction of sp³-hybridized carbons (Fsp3) is 0.265. The third-order valence-electron chi connectivity index (χ3n) is 9.27. The van der Waals surface area contributed by atoms with Crippen molar-refractivity contribution in [2.45, 2.75) is 53.4 Å². The predicted molar refractivity (Wildman–Crippen MR) is 147 cm³/mol. The van der Waals surface area contributed by atoms with Gasteiger partial charge in [-0.15, -0.1) is 0 Å². The topological polar surface area (TPSA) is 96.2 Å². The number of carbonyl (C=O) groups is 1. The van der Waals surface area contributed by atoms with Gasteiger partial charge < -0.3 is 24.8 Å². The van der Waals surface area contributed by atoms with Crippen LogP contribution < -0.4 is 0 Å². The van der Waals surface area contributed by atoms with Crippen LogP contribution in [0.5, 0.6) is 0 Å². The van der Waals surface area contributed by atoms with Gasteiger partial charge >= 0.3 is 5.97 Å². The molecule has 202 valence electrons. The van der Waals surface area contributed by atoms with Crippen LogP contribution in [-0.2, 0) is 26.3 Å². The van der Waals surface area contributed by atoms with Crippen LogP contribution in [0.2, 0.25) is 0 Å². The summed E-state index contributed by atoms with van der Waals surface area (Å²) in [5.41, 5.74) is -5.98. The molecule has 0 aromatic heterocycles. The molecule has 0 spiro atoms. The van der Waals surface area contributed by atoms with E-state index < -0.39 is 46.5 Å². The molecule has 2 saturated heterocycles. The highest BCUT2D eigenvalue weighted by molar-refractivity contribution is 5.89. The average Bonchev–Trinajstić information content (AvgIpc) is 3.34. The number of benzene rings is 4. The Hall–Kier alpha value is -3.81. The Labute approximate surface area is 232 Å². The predicted octanol–water partition coefficient (Wildman–Crippen LogP) is 4.20. The van der Waals surface area contributed by atoms with E-state index in [4.69, 9.17) is 9.47 Å². The highest BCUT2D eigenvalue weighted by atomic mass is 16.7. The van der Waals surface area contributed by atoms with Gasteiger partial charge in [-0.25, -0.2) is 4.79 Å². The molecule has 0 amide bonds. The molecule has 4 aromatic rings. The minimum atomic E-state index is -2.39. The number of hydrogen-bond donors (Lipinski definition) is 3. The molecule has 2 bridgehead atoms. The van der Waals surface area contributed by atoms with Crippen LogP contribution in [0.1, 0.15) is 40.7 Å². The fourth-order valence-corrected chi connectivity index (χ4v) is 7.59. The molecule has 40 heavy (non-hydrogen) atoms. The van der Waals surface area contributed by atoms with Crippen molar-refractivity contribution in [1.82, 2.24) is 0 Å². The molecular formula is C34H30O6. The molecular weight excluding hydrogens is 504 g/mol. The summed E-state index contributed by atoms with van der Waals surface area (Å²) in [5, 5.41) is 38.1. The number of hydrogen-bond acceptors (Lipinski definition) is 6. The van der Waals surface area contributed by atoms with Gasteiger partial charge in [0.25, 0.3) is 0 Å². The number of esters is 1. The third kappa shape index (κ3) is 2.99. The van der Waals surface area contributed by atoms with Crippen molar-refractivity contribution in [1.29, 1.82) is 0 Å². The van der Waals surface area contributed by atoms with Gasteiger partial charge in [-0.1, -0.05) is 121 Å². The molecule has 3 aliphatic rings. The van der Waals surface area contributed by atoms with Gasteiger partial charge in [0.1, 0.15) is 6.10 Å². The molecule has 7 rings (SSSR count). The first-order valence-corrected chi connectivity index (χ1v) is 13.6. The Balaban J connectivity index is 1.57. The first-order valence-electron chi connectivity index (χ1n) is 13.6. The Kier molecular flexibility index (Phi) is 5.57. The molecule has 3 fully saturated rings. The van der Waals surface area contributed by atoms with Gasteiger partial charge in [0.05, 0.1) is 6.10 Å². The Morgan fingerprint density at radius 2 is 1.25 bits per heavy atom. The summed E-state index contributed by atoms with van der Waals surface area (Å²) in [7, 11) is 0. The maximum absolute atomic E-state index is 14.2. The monoisotopic (exact) mass is 534 g/mol. The van der Waals surface area contributed by atoms with Gasteiger partial charge in [-0.05, 0) is 28.7 Å². The molecule has 6 nitrogen and oxygen atoms in total. The summed E-state index contributed by atoms with van der Waals surface area (Å²) in [6.45, 7) is 0. The van der Waals surface area contributed by atoms with Crippen LogP contribution in [0.3, 0.4) is 0 Å². The molecule has 7 atom stereocenters. The zero-order valence-electron chi connectivity index (χ0n) is 21.8. The van der Waals surface area contributed by atoms with E-state index in [1.807, 2.05) is 91.0 Å². The molecule has 1 unspecified atom stereocenters. The maximum atomic E-state index is 14.2. The first-order chi connectivity index (χ1) is 19.4. The largest absolute Gasteiger partial charge is 0.450 e. The Morgan fingerprint density at radius 3 is 1.85 bits per heavy atom. The number of rotatable bonds is 5. The van der Waals surface area contributed by atoms with E-state index in [2.05, 4.69) is 0 Å². The summed E-state index contributed by atoms with van der Waals surface area (Å²) in [6.07, 6.45) is -2.40. The Bertz CT molecular complexity index is 1530. The van der Waals surface area contributed by atoms with E-state index in [9.17, 15) is 20.1 Å². The second kappa shape index (κ2) is 8.85. The second-order valence-corrected chi connectivity index (χ2v) is 11.1. The standard InChI is InChI=1S/C34H30O6/c35-28-21-27(24-15-7-2-8-16-24)33-29(25-17-9-3-10-18-25)39-31(30(36)40-33,22-23-13-5-1-6-14-23)34(33,38)32(28,37)26-19-11-4-12-20-26/h1-20,27-29,35,37-38H,21-22H2/t27-,28+,29?,31-,32-,33-,34+/m1/s1. The van der Waals surface area contributed by atoms with Crippen LogP contribution in [0, 0.1) is 0 Å². The Morgan fingerprint density at radius 1 is 0.725 bits per heavy atom. The van der Waals surface area contributed by atoms with E-state index in [-0.39, 0.29) is 18.4 Å². The highest BCUT2D eigenvalue weighted by Crippen LogP contribution is 2.74. The first kappa shape index (κ1) is 25.2. The molecule has 3 N–H and O–H groups in total. The molecule has 2 heterocycles. The van der Waals surface area contributed by atoms with Crippen LogP contribution in [0.4, 0.5) is 0 Å². The van der Waals surface area contributed by atoms with Crippen molar-refractivity contribution in [3.8, 4) is 0 Å². The lowest BCUT2D eigenvalue weighted by atomic mass is 9.50. The molecule has 4 aromatic carbocycles. The van der Waals surface area contributed by atoms with Crippen LogP contribution in [0.25, 0.3) is 0 Å². The fourth-order valence-electron chi connectivity index (χ4n) is 7.59. The van der Waals surface area contributed by atoms with Crippen molar-refractivity contribution in [3.63, 3.8) is 0 Å². The van der Waals surface area contributed by atoms with Gasteiger partial charge in [-0.3, -0.25) is 0 Å². The summed E-state index contributed by atoms with van der Waals surface area (Å²) >= 11 is 0. The molecule has 6 heteroatoms. The van der Waals surface area contributed by atoms with Crippen molar-refractivity contribution in [2.75, 3.05) is 0 Å². The van der Waals surface area contributed by atoms with Gasteiger partial charge in [-0.2, -0.15) is 0 Å². The van der Waals surface area contributed by atoms with Crippen LogP contribution in [-0.4, -0.2) is 44.2 Å². The summed E-state index contributed by atoms with van der Waals surface area (Å²) in [6, 6.07) is 36.6. The third-order valence-corrected chi connectivity index (χ3v) is 9.27. The van der Waals surface area contributed by atoms with Crippen LogP contribution in [0.15, 0.2) is 121 Å². The SMILES string of the molecule is O=C1O[C@]23C(c4ccccc4)O[C@@]1(Cc1ccccc1)[C@]2(O)[C@@](O)(c1ccccc1)[C@@H](O)C[C@@H]3c1ccccc1. The van der Waals surface area contributed by atoms with Crippen molar-refractivity contribution in [3.05, 3.63) is 144 Å². The lowest BCUT2D eigenvalue weighted by Gasteiger charge is -2.58.